The number of hydrogen-bond acceptors (Lipinski definition) is 4. The maximum Gasteiger partial charge on any atom is 0.159 e. The van der Waals surface area contributed by atoms with E-state index >= 15 is 0 Å². The van der Waals surface area contributed by atoms with Crippen LogP contribution in [0.4, 0.5) is 0 Å². The van der Waals surface area contributed by atoms with Gasteiger partial charge in [-0.05, 0) is 42.3 Å². The summed E-state index contributed by atoms with van der Waals surface area (Å²) in [5, 5.41) is 8.37. The maximum absolute atomic E-state index is 11.4. The molecule has 2 heterocycles. The van der Waals surface area contributed by atoms with Crippen molar-refractivity contribution < 1.29 is 4.79 Å². The van der Waals surface area contributed by atoms with Gasteiger partial charge in [0.15, 0.2) is 5.78 Å². The molecule has 5 heteroatoms. The lowest BCUT2D eigenvalue weighted by atomic mass is 10.0. The Kier molecular flexibility index (Phi) is 4.11. The largest absolute Gasteiger partial charge is 0.295 e. The minimum Gasteiger partial charge on any atom is -0.295 e. The number of pyridine rings is 1. The minimum atomic E-state index is 0.0711. The Bertz CT molecular complexity index is 1040. The molecule has 0 aliphatic heterocycles. The highest BCUT2D eigenvalue weighted by Crippen LogP contribution is 2.22. The van der Waals surface area contributed by atoms with E-state index in [0.717, 1.165) is 33.8 Å². The zero-order chi connectivity index (χ0) is 17.9. The van der Waals surface area contributed by atoms with Gasteiger partial charge >= 0.3 is 0 Å². The van der Waals surface area contributed by atoms with Crippen molar-refractivity contribution in [3.05, 3.63) is 84.7 Å². The van der Waals surface area contributed by atoms with Crippen LogP contribution < -0.4 is 0 Å². The molecule has 26 heavy (non-hydrogen) atoms. The Balaban J connectivity index is 1.58. The highest BCUT2D eigenvalue weighted by molar-refractivity contribution is 5.94. The summed E-state index contributed by atoms with van der Waals surface area (Å²) < 4.78 is 1.73. The van der Waals surface area contributed by atoms with Crippen molar-refractivity contribution >= 4 is 5.78 Å². The second-order valence-electron chi connectivity index (χ2n) is 5.94. The zero-order valence-corrected chi connectivity index (χ0v) is 14.2. The molecule has 0 fully saturated rings. The van der Waals surface area contributed by atoms with E-state index < -0.39 is 0 Å². The first-order valence-electron chi connectivity index (χ1n) is 8.26. The third-order valence-corrected chi connectivity index (χ3v) is 4.18. The van der Waals surface area contributed by atoms with Crippen LogP contribution in [0.1, 0.15) is 17.3 Å². The Morgan fingerprint density at radius 3 is 2.15 bits per heavy atom. The van der Waals surface area contributed by atoms with Crippen LogP contribution in [0.3, 0.4) is 0 Å². The topological polar surface area (TPSA) is 60.7 Å². The summed E-state index contributed by atoms with van der Waals surface area (Å²) in [5.74, 6) is 0.0711. The molecule has 0 radical (unpaired) electrons. The van der Waals surface area contributed by atoms with Gasteiger partial charge in [0, 0.05) is 11.8 Å². The number of nitrogens with zero attached hydrogens (tertiary/aromatic N) is 4. The Morgan fingerprint density at radius 1 is 0.846 bits per heavy atom. The smallest absolute Gasteiger partial charge is 0.159 e. The lowest BCUT2D eigenvalue weighted by Crippen LogP contribution is -1.94. The fourth-order valence-corrected chi connectivity index (χ4v) is 2.73. The molecule has 2 aromatic carbocycles. The van der Waals surface area contributed by atoms with Crippen molar-refractivity contribution in [1.82, 2.24) is 20.0 Å². The zero-order valence-electron chi connectivity index (χ0n) is 14.2. The fourth-order valence-electron chi connectivity index (χ4n) is 2.73. The van der Waals surface area contributed by atoms with E-state index in [4.69, 9.17) is 0 Å². The van der Waals surface area contributed by atoms with Gasteiger partial charge in [-0.1, -0.05) is 47.7 Å². The van der Waals surface area contributed by atoms with Crippen LogP contribution in [0.25, 0.3) is 28.2 Å². The van der Waals surface area contributed by atoms with Gasteiger partial charge in [-0.3, -0.25) is 9.78 Å². The van der Waals surface area contributed by atoms with Crippen LogP contribution in [-0.4, -0.2) is 25.8 Å². The van der Waals surface area contributed by atoms with E-state index in [2.05, 4.69) is 15.3 Å². The highest BCUT2D eigenvalue weighted by Gasteiger charge is 2.07. The number of Topliss-reactive ketones (excluding diaryl/α,β-unsaturated/α-hetero) is 1. The molecule has 0 aliphatic rings. The number of hydrogen-bond donors (Lipinski definition) is 0. The average molecular weight is 340 g/mol. The van der Waals surface area contributed by atoms with Gasteiger partial charge in [0.1, 0.15) is 5.69 Å². The Labute approximate surface area is 151 Å². The Hall–Kier alpha value is -3.60. The van der Waals surface area contributed by atoms with Gasteiger partial charge in [-0.15, -0.1) is 5.10 Å². The number of aromatic nitrogens is 4. The molecule has 0 unspecified atom stereocenters. The SMILES string of the molecule is CC(=O)c1ccc(-c2ccc(-n3cc(-c4ccccn4)nn3)cc2)cc1. The molecule has 0 bridgehead atoms. The molecule has 0 aliphatic carbocycles. The molecule has 0 saturated heterocycles. The summed E-state index contributed by atoms with van der Waals surface area (Å²) >= 11 is 0. The summed E-state index contributed by atoms with van der Waals surface area (Å²) in [7, 11) is 0. The number of ketones is 1. The van der Waals surface area contributed by atoms with Gasteiger partial charge in [-0.2, -0.15) is 0 Å². The predicted molar refractivity (Wildman–Crippen MR) is 100 cm³/mol. The van der Waals surface area contributed by atoms with Gasteiger partial charge in [0.2, 0.25) is 0 Å². The first-order valence-corrected chi connectivity index (χ1v) is 8.26. The van der Waals surface area contributed by atoms with Crippen LogP contribution >= 0.6 is 0 Å². The molecule has 0 N–H and O–H groups in total. The standard InChI is InChI=1S/C21H16N4O/c1-15(26)16-5-7-17(8-6-16)18-9-11-19(12-10-18)25-14-21(23-24-25)20-4-2-3-13-22-20/h2-14H,1H3. The van der Waals surface area contributed by atoms with Crippen molar-refractivity contribution in [2.24, 2.45) is 0 Å². The summed E-state index contributed by atoms with van der Waals surface area (Å²) in [4.78, 5) is 15.7. The monoisotopic (exact) mass is 340 g/mol. The van der Waals surface area contributed by atoms with Crippen LogP contribution in [0.15, 0.2) is 79.1 Å². The van der Waals surface area contributed by atoms with Gasteiger partial charge in [0.05, 0.1) is 17.6 Å². The lowest BCUT2D eigenvalue weighted by molar-refractivity contribution is 0.101. The van der Waals surface area contributed by atoms with E-state index in [1.165, 1.54) is 0 Å². The normalized spacial score (nSPS) is 10.7. The highest BCUT2D eigenvalue weighted by atomic mass is 16.1. The predicted octanol–water partition coefficient (Wildman–Crippen LogP) is 4.20. The van der Waals surface area contributed by atoms with E-state index in [1.807, 2.05) is 72.9 Å². The van der Waals surface area contributed by atoms with Crippen LogP contribution in [0.2, 0.25) is 0 Å². The molecule has 5 nitrogen and oxygen atoms in total. The molecule has 4 aromatic rings. The van der Waals surface area contributed by atoms with Crippen molar-refractivity contribution in [3.63, 3.8) is 0 Å². The van der Waals surface area contributed by atoms with Gasteiger partial charge in [0.25, 0.3) is 0 Å². The molecule has 126 valence electrons. The van der Waals surface area contributed by atoms with Crippen molar-refractivity contribution in [3.8, 4) is 28.2 Å². The van der Waals surface area contributed by atoms with Crippen LogP contribution in [0.5, 0.6) is 0 Å². The number of carbonyl (C=O) groups excluding carboxylic acids is 1. The summed E-state index contributed by atoms with van der Waals surface area (Å²) in [5.41, 5.74) is 5.30. The van der Waals surface area contributed by atoms with Gasteiger partial charge < -0.3 is 0 Å². The second kappa shape index (κ2) is 6.72. The first kappa shape index (κ1) is 15.9. The Morgan fingerprint density at radius 2 is 1.54 bits per heavy atom. The van der Waals surface area contributed by atoms with Crippen molar-refractivity contribution in [2.45, 2.75) is 6.92 Å². The summed E-state index contributed by atoms with van der Waals surface area (Å²) in [6.07, 6.45) is 3.60. The molecular weight excluding hydrogens is 324 g/mol. The summed E-state index contributed by atoms with van der Waals surface area (Å²) in [6.45, 7) is 1.57. The quantitative estimate of drug-likeness (QED) is 0.522. The van der Waals surface area contributed by atoms with E-state index in [1.54, 1.807) is 17.8 Å². The molecular formula is C21H16N4O. The number of rotatable bonds is 4. The van der Waals surface area contributed by atoms with E-state index in [0.29, 0.717) is 0 Å². The molecule has 0 amide bonds. The second-order valence-corrected chi connectivity index (χ2v) is 5.94. The molecule has 0 saturated carbocycles. The number of carbonyl (C=O) groups is 1. The maximum atomic E-state index is 11.4. The third kappa shape index (κ3) is 3.15. The van der Waals surface area contributed by atoms with Crippen LogP contribution in [-0.2, 0) is 0 Å². The lowest BCUT2D eigenvalue weighted by Gasteiger charge is -2.05. The van der Waals surface area contributed by atoms with Crippen molar-refractivity contribution in [2.75, 3.05) is 0 Å². The third-order valence-electron chi connectivity index (χ3n) is 4.18. The minimum absolute atomic E-state index is 0.0711. The van der Waals surface area contributed by atoms with Gasteiger partial charge in [-0.25, -0.2) is 4.68 Å². The molecule has 0 spiro atoms. The van der Waals surface area contributed by atoms with E-state index in [-0.39, 0.29) is 5.78 Å². The number of benzene rings is 2. The van der Waals surface area contributed by atoms with Crippen LogP contribution in [0, 0.1) is 0 Å². The van der Waals surface area contributed by atoms with Crippen molar-refractivity contribution in [1.29, 1.82) is 0 Å². The van der Waals surface area contributed by atoms with E-state index in [9.17, 15) is 4.79 Å². The summed E-state index contributed by atoms with van der Waals surface area (Å²) in [6, 6.07) is 21.4. The first-order chi connectivity index (χ1) is 12.7. The average Bonchev–Trinajstić information content (AvgIpc) is 3.19. The molecule has 2 aromatic heterocycles. The molecule has 4 rings (SSSR count). The fraction of sp³-hybridized carbons (Fsp3) is 0.0476. The molecule has 0 atom stereocenters.